The van der Waals surface area contributed by atoms with Crippen molar-refractivity contribution in [1.82, 2.24) is 14.7 Å². The van der Waals surface area contributed by atoms with Crippen LogP contribution in [0.4, 0.5) is 24.7 Å². The first kappa shape index (κ1) is 21.9. The standard InChI is InChI=1S/C21H25F3N4O2/c1-3-20(29)26(11-4-12-30-2)13-16-14-27(19-9-10-25-28(19)15-16)18-7-5-17(6-8-18)21(22,23)24/h3,5-10,16H,1,4,11-15H2,2H3. The molecule has 0 saturated carbocycles. The fourth-order valence-electron chi connectivity index (χ4n) is 3.67. The van der Waals surface area contributed by atoms with E-state index in [0.29, 0.717) is 44.9 Å². The van der Waals surface area contributed by atoms with Gasteiger partial charge in [0.15, 0.2) is 0 Å². The van der Waals surface area contributed by atoms with Crippen LogP contribution in [0, 0.1) is 5.92 Å². The molecule has 0 aliphatic carbocycles. The highest BCUT2D eigenvalue weighted by molar-refractivity contribution is 5.87. The second-order valence-electron chi connectivity index (χ2n) is 7.23. The quantitative estimate of drug-likeness (QED) is 0.481. The second-order valence-corrected chi connectivity index (χ2v) is 7.23. The Morgan fingerprint density at radius 3 is 2.67 bits per heavy atom. The maximum Gasteiger partial charge on any atom is 0.416 e. The van der Waals surface area contributed by atoms with E-state index in [1.54, 1.807) is 18.2 Å². The number of rotatable bonds is 8. The molecule has 0 fully saturated rings. The Morgan fingerprint density at radius 2 is 2.03 bits per heavy atom. The number of fused-ring (bicyclic) bond motifs is 1. The minimum Gasteiger partial charge on any atom is -0.385 e. The summed E-state index contributed by atoms with van der Waals surface area (Å²) in [5.41, 5.74) is -0.0374. The van der Waals surface area contributed by atoms with Crippen LogP contribution in [0.15, 0.2) is 49.2 Å². The van der Waals surface area contributed by atoms with Gasteiger partial charge in [0.05, 0.1) is 11.8 Å². The lowest BCUT2D eigenvalue weighted by molar-refractivity contribution is -0.137. The van der Waals surface area contributed by atoms with Gasteiger partial charge in [-0.2, -0.15) is 18.3 Å². The van der Waals surface area contributed by atoms with E-state index in [1.165, 1.54) is 18.2 Å². The molecule has 6 nitrogen and oxygen atoms in total. The van der Waals surface area contributed by atoms with Gasteiger partial charge in [0.1, 0.15) is 5.82 Å². The predicted octanol–water partition coefficient (Wildman–Crippen LogP) is 3.72. The van der Waals surface area contributed by atoms with Crippen molar-refractivity contribution in [3.8, 4) is 0 Å². The number of anilines is 2. The lowest BCUT2D eigenvalue weighted by Gasteiger charge is -2.37. The van der Waals surface area contributed by atoms with Gasteiger partial charge in [0.25, 0.3) is 0 Å². The number of methoxy groups -OCH3 is 1. The van der Waals surface area contributed by atoms with E-state index < -0.39 is 11.7 Å². The molecular weight excluding hydrogens is 397 g/mol. The van der Waals surface area contributed by atoms with E-state index in [1.807, 2.05) is 15.6 Å². The van der Waals surface area contributed by atoms with Gasteiger partial charge < -0.3 is 14.5 Å². The number of benzene rings is 1. The molecule has 1 aliphatic rings. The minimum atomic E-state index is -4.38. The molecule has 1 aromatic heterocycles. The summed E-state index contributed by atoms with van der Waals surface area (Å²) in [6.45, 7) is 6.33. The molecule has 1 atom stereocenters. The molecule has 3 rings (SSSR count). The number of amides is 1. The normalized spacial score (nSPS) is 16.3. The van der Waals surface area contributed by atoms with Gasteiger partial charge >= 0.3 is 6.18 Å². The number of aromatic nitrogens is 2. The van der Waals surface area contributed by atoms with Crippen LogP contribution in [0.25, 0.3) is 0 Å². The smallest absolute Gasteiger partial charge is 0.385 e. The Kier molecular flexibility index (Phi) is 6.81. The van der Waals surface area contributed by atoms with Crippen LogP contribution >= 0.6 is 0 Å². The number of hydrogen-bond acceptors (Lipinski definition) is 4. The third-order valence-electron chi connectivity index (χ3n) is 5.09. The van der Waals surface area contributed by atoms with Gasteiger partial charge in [-0.15, -0.1) is 0 Å². The van der Waals surface area contributed by atoms with Crippen molar-refractivity contribution in [2.24, 2.45) is 5.92 Å². The third-order valence-corrected chi connectivity index (χ3v) is 5.09. The fraction of sp³-hybridized carbons (Fsp3) is 0.429. The number of hydrogen-bond donors (Lipinski definition) is 0. The average Bonchev–Trinajstić information content (AvgIpc) is 3.20. The van der Waals surface area contributed by atoms with Gasteiger partial charge in [0.2, 0.25) is 5.91 Å². The van der Waals surface area contributed by atoms with Gasteiger partial charge in [-0.05, 0) is 36.8 Å². The van der Waals surface area contributed by atoms with Crippen molar-refractivity contribution >= 4 is 17.4 Å². The molecule has 1 unspecified atom stereocenters. The van der Waals surface area contributed by atoms with E-state index in [2.05, 4.69) is 11.7 Å². The number of carbonyl (C=O) groups excluding carboxylic acids is 1. The molecule has 2 heterocycles. The highest BCUT2D eigenvalue weighted by Crippen LogP contribution is 2.34. The Bertz CT molecular complexity index is 864. The first-order chi connectivity index (χ1) is 14.3. The van der Waals surface area contributed by atoms with Crippen LogP contribution in [-0.2, 0) is 22.3 Å². The van der Waals surface area contributed by atoms with Crippen molar-refractivity contribution < 1.29 is 22.7 Å². The molecule has 1 aromatic carbocycles. The largest absolute Gasteiger partial charge is 0.416 e. The summed E-state index contributed by atoms with van der Waals surface area (Å²) in [6, 6.07) is 6.93. The molecular formula is C21H25F3N4O2. The van der Waals surface area contributed by atoms with Crippen molar-refractivity contribution in [2.75, 3.05) is 38.3 Å². The van der Waals surface area contributed by atoms with Gasteiger partial charge in [-0.1, -0.05) is 6.58 Å². The highest BCUT2D eigenvalue weighted by Gasteiger charge is 2.32. The number of halogens is 3. The lowest BCUT2D eigenvalue weighted by atomic mass is 10.0. The van der Waals surface area contributed by atoms with Crippen LogP contribution in [0.1, 0.15) is 12.0 Å². The Balaban J connectivity index is 1.79. The first-order valence-corrected chi connectivity index (χ1v) is 9.70. The summed E-state index contributed by atoms with van der Waals surface area (Å²) in [6.07, 6.45) is -0.709. The molecule has 162 valence electrons. The zero-order chi connectivity index (χ0) is 21.7. The summed E-state index contributed by atoms with van der Waals surface area (Å²) >= 11 is 0. The molecule has 0 radical (unpaired) electrons. The van der Waals surface area contributed by atoms with E-state index >= 15 is 0 Å². The number of alkyl halides is 3. The van der Waals surface area contributed by atoms with Crippen LogP contribution in [0.3, 0.4) is 0 Å². The zero-order valence-corrected chi connectivity index (χ0v) is 16.8. The van der Waals surface area contributed by atoms with E-state index in [4.69, 9.17) is 4.74 Å². The van der Waals surface area contributed by atoms with Crippen LogP contribution < -0.4 is 4.90 Å². The molecule has 0 saturated heterocycles. The summed E-state index contributed by atoms with van der Waals surface area (Å²) in [5, 5.41) is 4.34. The lowest BCUT2D eigenvalue weighted by Crippen LogP contribution is -2.43. The van der Waals surface area contributed by atoms with E-state index in [9.17, 15) is 18.0 Å². The van der Waals surface area contributed by atoms with Crippen molar-refractivity contribution in [2.45, 2.75) is 19.1 Å². The van der Waals surface area contributed by atoms with Crippen LogP contribution in [-0.4, -0.2) is 53.9 Å². The van der Waals surface area contributed by atoms with Crippen LogP contribution in [0.5, 0.6) is 0 Å². The highest BCUT2D eigenvalue weighted by atomic mass is 19.4. The maximum absolute atomic E-state index is 12.9. The molecule has 0 spiro atoms. The summed E-state index contributed by atoms with van der Waals surface area (Å²) in [5.74, 6) is 0.705. The van der Waals surface area contributed by atoms with Gasteiger partial charge in [-0.3, -0.25) is 4.79 Å². The van der Waals surface area contributed by atoms with Gasteiger partial charge in [-0.25, -0.2) is 4.68 Å². The molecule has 0 N–H and O–H groups in total. The molecule has 30 heavy (non-hydrogen) atoms. The summed E-state index contributed by atoms with van der Waals surface area (Å²) < 4.78 is 45.6. The maximum atomic E-state index is 12.9. The first-order valence-electron chi connectivity index (χ1n) is 9.70. The third kappa shape index (κ3) is 5.02. The average molecular weight is 422 g/mol. The monoisotopic (exact) mass is 422 g/mol. The molecule has 9 heteroatoms. The summed E-state index contributed by atoms with van der Waals surface area (Å²) in [7, 11) is 1.61. The molecule has 1 amide bonds. The number of nitrogens with zero attached hydrogens (tertiary/aromatic N) is 4. The Hall–Kier alpha value is -2.81. The number of carbonyl (C=O) groups is 1. The fourth-order valence-corrected chi connectivity index (χ4v) is 3.67. The molecule has 2 aromatic rings. The topological polar surface area (TPSA) is 50.6 Å². The SMILES string of the molecule is C=CC(=O)N(CCCOC)CC1CN(c2ccc(C(F)(F)F)cc2)c2ccnn2C1. The van der Waals surface area contributed by atoms with Gasteiger partial charge in [0, 0.05) is 57.6 Å². The van der Waals surface area contributed by atoms with E-state index in [-0.39, 0.29) is 11.8 Å². The van der Waals surface area contributed by atoms with Crippen LogP contribution in [0.2, 0.25) is 0 Å². The second kappa shape index (κ2) is 9.34. The molecule has 1 aliphatic heterocycles. The zero-order valence-electron chi connectivity index (χ0n) is 16.8. The number of ether oxygens (including phenoxy) is 1. The molecule has 0 bridgehead atoms. The Morgan fingerprint density at radius 1 is 1.30 bits per heavy atom. The van der Waals surface area contributed by atoms with Crippen molar-refractivity contribution in [3.05, 3.63) is 54.7 Å². The van der Waals surface area contributed by atoms with E-state index in [0.717, 1.165) is 18.0 Å². The van der Waals surface area contributed by atoms with Crippen molar-refractivity contribution in [3.63, 3.8) is 0 Å². The predicted molar refractivity (Wildman–Crippen MR) is 107 cm³/mol. The Labute approximate surface area is 173 Å². The van der Waals surface area contributed by atoms with Crippen molar-refractivity contribution in [1.29, 1.82) is 0 Å². The summed E-state index contributed by atoms with van der Waals surface area (Å²) in [4.78, 5) is 16.0. The minimum absolute atomic E-state index is 0.0473.